The number of hydrogen-bond acceptors (Lipinski definition) is 5. The second-order valence-electron chi connectivity index (χ2n) is 6.81. The predicted molar refractivity (Wildman–Crippen MR) is 91.9 cm³/mol. The fraction of sp³-hybridized carbons (Fsp3) is 0.529. The number of methoxy groups -OCH3 is 1. The number of ether oxygens (including phenoxy) is 2. The average Bonchev–Trinajstić information content (AvgIpc) is 3.01. The lowest BCUT2D eigenvalue weighted by atomic mass is 9.96. The molecule has 7 heteroatoms. The number of amides is 1. The zero-order chi connectivity index (χ0) is 18.1. The highest BCUT2D eigenvalue weighted by atomic mass is 35.5. The smallest absolute Gasteiger partial charge is 0.405 e. The zero-order valence-corrected chi connectivity index (χ0v) is 15.1. The van der Waals surface area contributed by atoms with Crippen molar-refractivity contribution in [2.24, 2.45) is 11.7 Å². The van der Waals surface area contributed by atoms with Gasteiger partial charge in [0.15, 0.2) is 5.78 Å². The molecule has 132 valence electrons. The van der Waals surface area contributed by atoms with Gasteiger partial charge in [0.2, 0.25) is 0 Å². The second kappa shape index (κ2) is 6.99. The van der Waals surface area contributed by atoms with E-state index in [0.29, 0.717) is 10.8 Å². The SMILES string of the molecule is CC(C)(C)OC(N)=O.COc1ccc2c(c1Cl)C1CNCC1C2=O. The molecule has 6 nitrogen and oxygen atoms in total. The molecule has 1 aliphatic heterocycles. The van der Waals surface area contributed by atoms with Crippen molar-refractivity contribution in [1.82, 2.24) is 5.32 Å². The Balaban J connectivity index is 0.000000224. The molecule has 1 saturated heterocycles. The maximum Gasteiger partial charge on any atom is 0.405 e. The Morgan fingerprint density at radius 3 is 2.42 bits per heavy atom. The summed E-state index contributed by atoms with van der Waals surface area (Å²) in [7, 11) is 1.59. The molecule has 1 heterocycles. The van der Waals surface area contributed by atoms with Gasteiger partial charge in [-0.2, -0.15) is 0 Å². The number of carbonyl (C=O) groups is 2. The molecule has 2 unspecified atom stereocenters. The third-order valence-corrected chi connectivity index (χ3v) is 4.35. The molecule has 0 spiro atoms. The molecule has 2 aliphatic rings. The van der Waals surface area contributed by atoms with Gasteiger partial charge in [-0.05, 0) is 38.5 Å². The van der Waals surface area contributed by atoms with Gasteiger partial charge in [-0.1, -0.05) is 11.6 Å². The fourth-order valence-electron chi connectivity index (χ4n) is 3.07. The maximum atomic E-state index is 12.1. The minimum absolute atomic E-state index is 0.0691. The molecule has 1 amide bonds. The number of hydrogen-bond donors (Lipinski definition) is 2. The van der Waals surface area contributed by atoms with E-state index in [0.717, 1.165) is 24.2 Å². The summed E-state index contributed by atoms with van der Waals surface area (Å²) < 4.78 is 9.77. The molecule has 0 bridgehead atoms. The van der Waals surface area contributed by atoms with Crippen LogP contribution < -0.4 is 15.8 Å². The monoisotopic (exact) mass is 354 g/mol. The third-order valence-electron chi connectivity index (χ3n) is 3.96. The van der Waals surface area contributed by atoms with Crippen molar-refractivity contribution in [2.45, 2.75) is 32.3 Å². The lowest BCUT2D eigenvalue weighted by Gasteiger charge is -2.16. The van der Waals surface area contributed by atoms with E-state index >= 15 is 0 Å². The van der Waals surface area contributed by atoms with E-state index in [1.807, 2.05) is 6.07 Å². The molecule has 0 radical (unpaired) electrons. The maximum absolute atomic E-state index is 12.1. The van der Waals surface area contributed by atoms with Crippen LogP contribution in [0.4, 0.5) is 4.79 Å². The molecule has 24 heavy (non-hydrogen) atoms. The summed E-state index contributed by atoms with van der Waals surface area (Å²) in [6.07, 6.45) is -0.725. The number of Topliss-reactive ketones (excluding diaryl/α,β-unsaturated/α-hetero) is 1. The number of rotatable bonds is 1. The lowest BCUT2D eigenvalue weighted by Crippen LogP contribution is -2.27. The third kappa shape index (κ3) is 3.82. The molecule has 1 aromatic rings. The van der Waals surface area contributed by atoms with E-state index in [1.165, 1.54) is 0 Å². The first kappa shape index (κ1) is 18.5. The molecular weight excluding hydrogens is 332 g/mol. The summed E-state index contributed by atoms with van der Waals surface area (Å²) in [6.45, 7) is 6.88. The van der Waals surface area contributed by atoms with Crippen LogP contribution >= 0.6 is 11.6 Å². The molecule has 1 aliphatic carbocycles. The van der Waals surface area contributed by atoms with E-state index in [2.05, 4.69) is 10.1 Å². The van der Waals surface area contributed by atoms with E-state index in [9.17, 15) is 9.59 Å². The first-order valence-corrected chi connectivity index (χ1v) is 8.13. The van der Waals surface area contributed by atoms with Crippen molar-refractivity contribution in [3.05, 3.63) is 28.3 Å². The summed E-state index contributed by atoms with van der Waals surface area (Å²) in [5, 5.41) is 3.84. The van der Waals surface area contributed by atoms with Gasteiger partial charge in [0.05, 0.1) is 12.1 Å². The molecule has 3 N–H and O–H groups in total. The first-order valence-electron chi connectivity index (χ1n) is 7.75. The second-order valence-corrected chi connectivity index (χ2v) is 7.19. The zero-order valence-electron chi connectivity index (χ0n) is 14.3. The highest BCUT2D eigenvalue weighted by Crippen LogP contribution is 2.46. The van der Waals surface area contributed by atoms with Crippen molar-refractivity contribution in [3.63, 3.8) is 0 Å². The van der Waals surface area contributed by atoms with Crippen LogP contribution in [0.15, 0.2) is 12.1 Å². The minimum atomic E-state index is -0.725. The molecule has 2 atom stereocenters. The molecule has 3 rings (SSSR count). The molecule has 0 aromatic heterocycles. The van der Waals surface area contributed by atoms with E-state index in [1.54, 1.807) is 33.9 Å². The Bertz CT molecular complexity index is 655. The number of nitrogens with one attached hydrogen (secondary N) is 1. The van der Waals surface area contributed by atoms with Crippen molar-refractivity contribution >= 4 is 23.5 Å². The predicted octanol–water partition coefficient (Wildman–Crippen LogP) is 2.73. The van der Waals surface area contributed by atoms with Crippen LogP contribution in [0.25, 0.3) is 0 Å². The van der Waals surface area contributed by atoms with Gasteiger partial charge in [0.25, 0.3) is 0 Å². The van der Waals surface area contributed by atoms with Gasteiger partial charge in [-0.15, -0.1) is 0 Å². The summed E-state index contributed by atoms with van der Waals surface area (Å²) >= 11 is 6.28. The summed E-state index contributed by atoms with van der Waals surface area (Å²) in [6, 6.07) is 3.61. The highest BCUT2D eigenvalue weighted by molar-refractivity contribution is 6.34. The number of carbonyl (C=O) groups excluding carboxylic acids is 2. The van der Waals surface area contributed by atoms with Gasteiger partial charge >= 0.3 is 6.09 Å². The number of fused-ring (bicyclic) bond motifs is 3. The molecule has 1 aromatic carbocycles. The highest BCUT2D eigenvalue weighted by Gasteiger charge is 2.44. The van der Waals surface area contributed by atoms with Gasteiger partial charge in [0, 0.05) is 30.5 Å². The van der Waals surface area contributed by atoms with Crippen LogP contribution in [0.2, 0.25) is 5.02 Å². The fourth-order valence-corrected chi connectivity index (χ4v) is 3.45. The van der Waals surface area contributed by atoms with Gasteiger partial charge in [0.1, 0.15) is 11.4 Å². The number of ketones is 1. The number of halogens is 1. The van der Waals surface area contributed by atoms with E-state index < -0.39 is 11.7 Å². The number of benzene rings is 1. The van der Waals surface area contributed by atoms with Crippen LogP contribution in [0.1, 0.15) is 42.6 Å². The molecule has 1 fully saturated rings. The van der Waals surface area contributed by atoms with E-state index in [-0.39, 0.29) is 17.6 Å². The standard InChI is InChI=1S/C12H12ClNO2.C5H11NO2/c1-16-9-3-2-6-10(11(9)13)7-4-14-5-8(7)12(6)15;1-5(2,3)8-4(6)7/h2-3,7-8,14H,4-5H2,1H3;1-3H3,(H2,6,7). The van der Waals surface area contributed by atoms with Gasteiger partial charge in [-0.25, -0.2) is 4.79 Å². The average molecular weight is 355 g/mol. The number of nitrogens with two attached hydrogens (primary N) is 1. The lowest BCUT2D eigenvalue weighted by molar-refractivity contribution is 0.0600. The summed E-state index contributed by atoms with van der Waals surface area (Å²) in [4.78, 5) is 22.1. The molecular formula is C17H23ClN2O4. The van der Waals surface area contributed by atoms with Crippen molar-refractivity contribution in [1.29, 1.82) is 0 Å². The quantitative estimate of drug-likeness (QED) is 0.809. The Hall–Kier alpha value is -1.79. The normalized spacial score (nSPS) is 21.5. The van der Waals surface area contributed by atoms with Crippen molar-refractivity contribution in [2.75, 3.05) is 20.2 Å². The van der Waals surface area contributed by atoms with Crippen LogP contribution in [0, 0.1) is 5.92 Å². The Morgan fingerprint density at radius 1 is 1.29 bits per heavy atom. The van der Waals surface area contributed by atoms with Crippen LogP contribution in [-0.4, -0.2) is 37.7 Å². The van der Waals surface area contributed by atoms with E-state index in [4.69, 9.17) is 22.1 Å². The van der Waals surface area contributed by atoms with Gasteiger partial charge < -0.3 is 20.5 Å². The van der Waals surface area contributed by atoms with Gasteiger partial charge in [-0.3, -0.25) is 4.79 Å². The Kier molecular flexibility index (Phi) is 5.40. The Morgan fingerprint density at radius 2 is 1.92 bits per heavy atom. The minimum Gasteiger partial charge on any atom is -0.495 e. The first-order chi connectivity index (χ1) is 11.2. The Labute approximate surface area is 146 Å². The topological polar surface area (TPSA) is 90.7 Å². The molecule has 0 saturated carbocycles. The van der Waals surface area contributed by atoms with Crippen LogP contribution in [-0.2, 0) is 4.74 Å². The van der Waals surface area contributed by atoms with Crippen LogP contribution in [0.5, 0.6) is 5.75 Å². The van der Waals surface area contributed by atoms with Crippen LogP contribution in [0.3, 0.4) is 0 Å². The number of primary amides is 1. The largest absolute Gasteiger partial charge is 0.495 e. The van der Waals surface area contributed by atoms with Crippen molar-refractivity contribution in [3.8, 4) is 5.75 Å². The summed E-state index contributed by atoms with van der Waals surface area (Å²) in [5.74, 6) is 1.17. The summed E-state index contributed by atoms with van der Waals surface area (Å²) in [5.41, 5.74) is 6.02. The van der Waals surface area contributed by atoms with Crippen molar-refractivity contribution < 1.29 is 19.1 Å².